The van der Waals surface area contributed by atoms with E-state index < -0.39 is 11.7 Å². The minimum Gasteiger partial charge on any atom is -0.289 e. The third-order valence-corrected chi connectivity index (χ3v) is 3.70. The molecule has 0 N–H and O–H groups in total. The van der Waals surface area contributed by atoms with Crippen molar-refractivity contribution in [3.8, 4) is 0 Å². The molecule has 4 heteroatoms. The van der Waals surface area contributed by atoms with Gasteiger partial charge in [-0.05, 0) is 34.8 Å². The first-order chi connectivity index (χ1) is 11.1. The van der Waals surface area contributed by atoms with Crippen LogP contribution in [0.25, 0.3) is 6.08 Å². The number of ketones is 1. The topological polar surface area (TPSA) is 17.1 Å². The molecule has 0 aliphatic rings. The number of hydrogen-bond donors (Lipinski definition) is 0. The summed E-state index contributed by atoms with van der Waals surface area (Å²) < 4.78 is 37.5. The average molecular weight is 332 g/mol. The number of benzene rings is 2. The molecule has 0 atom stereocenters. The largest absolute Gasteiger partial charge is 0.416 e. The summed E-state index contributed by atoms with van der Waals surface area (Å²) in [4.78, 5) is 12.1. The van der Waals surface area contributed by atoms with Crippen LogP contribution in [-0.4, -0.2) is 5.78 Å². The summed E-state index contributed by atoms with van der Waals surface area (Å²) >= 11 is 0. The summed E-state index contributed by atoms with van der Waals surface area (Å²) in [5.41, 5.74) is 1.53. The fourth-order valence-corrected chi connectivity index (χ4v) is 2.19. The van der Waals surface area contributed by atoms with Crippen LogP contribution in [0.4, 0.5) is 13.2 Å². The molecule has 24 heavy (non-hydrogen) atoms. The first-order valence-corrected chi connectivity index (χ1v) is 7.57. The van der Waals surface area contributed by atoms with Gasteiger partial charge in [0.15, 0.2) is 5.78 Å². The van der Waals surface area contributed by atoms with E-state index in [0.717, 1.165) is 17.7 Å². The van der Waals surface area contributed by atoms with Gasteiger partial charge in [-0.25, -0.2) is 0 Å². The summed E-state index contributed by atoms with van der Waals surface area (Å²) in [7, 11) is 0. The molecule has 0 saturated heterocycles. The second kappa shape index (κ2) is 6.63. The normalized spacial score (nSPS) is 12.6. The molecule has 126 valence electrons. The maximum Gasteiger partial charge on any atom is 0.416 e. The average Bonchev–Trinajstić information content (AvgIpc) is 2.51. The Morgan fingerprint density at radius 1 is 0.833 bits per heavy atom. The summed E-state index contributed by atoms with van der Waals surface area (Å²) in [5.74, 6) is -0.185. The van der Waals surface area contributed by atoms with Crippen molar-refractivity contribution in [1.82, 2.24) is 0 Å². The molecule has 0 aliphatic heterocycles. The summed E-state index contributed by atoms with van der Waals surface area (Å²) in [6, 6.07) is 12.0. The molecule has 0 heterocycles. The van der Waals surface area contributed by atoms with Crippen LogP contribution < -0.4 is 0 Å². The van der Waals surface area contributed by atoms with Crippen molar-refractivity contribution in [2.45, 2.75) is 32.4 Å². The molecule has 0 radical (unpaired) electrons. The highest BCUT2D eigenvalue weighted by atomic mass is 19.4. The molecular formula is C20H19F3O. The van der Waals surface area contributed by atoms with E-state index in [1.165, 1.54) is 24.3 Å². The first-order valence-electron chi connectivity index (χ1n) is 7.57. The number of carbonyl (C=O) groups is 1. The summed E-state index contributed by atoms with van der Waals surface area (Å²) in [5, 5.41) is 0. The van der Waals surface area contributed by atoms with E-state index in [1.54, 1.807) is 12.1 Å². The molecule has 0 unspecified atom stereocenters. The zero-order valence-corrected chi connectivity index (χ0v) is 13.8. The molecule has 0 aliphatic carbocycles. The van der Waals surface area contributed by atoms with Gasteiger partial charge in [0.05, 0.1) is 5.56 Å². The van der Waals surface area contributed by atoms with E-state index in [2.05, 4.69) is 20.8 Å². The monoisotopic (exact) mass is 332 g/mol. The van der Waals surface area contributed by atoms with E-state index in [-0.39, 0.29) is 11.2 Å². The van der Waals surface area contributed by atoms with Crippen LogP contribution in [0.1, 0.15) is 47.8 Å². The van der Waals surface area contributed by atoms with Gasteiger partial charge in [-0.15, -0.1) is 0 Å². The predicted molar refractivity (Wildman–Crippen MR) is 90.0 cm³/mol. The lowest BCUT2D eigenvalue weighted by Gasteiger charge is -2.18. The van der Waals surface area contributed by atoms with Crippen LogP contribution >= 0.6 is 0 Å². The molecule has 0 bridgehead atoms. The summed E-state index contributed by atoms with van der Waals surface area (Å²) in [6.45, 7) is 6.27. The van der Waals surface area contributed by atoms with E-state index in [9.17, 15) is 18.0 Å². The number of rotatable bonds is 3. The van der Waals surface area contributed by atoms with Crippen LogP contribution in [0.2, 0.25) is 0 Å². The van der Waals surface area contributed by atoms with Crippen molar-refractivity contribution < 1.29 is 18.0 Å². The van der Waals surface area contributed by atoms with Gasteiger partial charge in [0.25, 0.3) is 0 Å². The maximum absolute atomic E-state index is 12.5. The molecule has 2 aromatic carbocycles. The molecule has 0 aromatic heterocycles. The highest BCUT2D eigenvalue weighted by molar-refractivity contribution is 6.06. The van der Waals surface area contributed by atoms with Crippen molar-refractivity contribution in [3.63, 3.8) is 0 Å². The maximum atomic E-state index is 12.5. The van der Waals surface area contributed by atoms with Gasteiger partial charge < -0.3 is 0 Å². The molecule has 0 spiro atoms. The lowest BCUT2D eigenvalue weighted by Crippen LogP contribution is -2.11. The lowest BCUT2D eigenvalue weighted by atomic mass is 9.86. The standard InChI is InChI=1S/C20H19F3O/c1-19(2,3)16-11-7-15(8-12-16)18(24)13-6-14-4-9-17(10-5-14)20(21,22)23/h4-13H,1-3H3. The van der Waals surface area contributed by atoms with Crippen molar-refractivity contribution >= 4 is 11.9 Å². The van der Waals surface area contributed by atoms with Crippen molar-refractivity contribution in [3.05, 3.63) is 76.9 Å². The Kier molecular flexibility index (Phi) is 4.97. The molecular weight excluding hydrogens is 313 g/mol. The third kappa shape index (κ3) is 4.57. The zero-order chi connectivity index (χ0) is 18.0. The first kappa shape index (κ1) is 18.0. The Morgan fingerprint density at radius 2 is 1.33 bits per heavy atom. The van der Waals surface area contributed by atoms with Gasteiger partial charge in [-0.2, -0.15) is 13.2 Å². The third-order valence-electron chi connectivity index (χ3n) is 3.70. The Bertz CT molecular complexity index is 730. The number of hydrogen-bond acceptors (Lipinski definition) is 1. The molecule has 1 nitrogen and oxygen atoms in total. The van der Waals surface area contributed by atoms with Crippen molar-refractivity contribution in [1.29, 1.82) is 0 Å². The van der Waals surface area contributed by atoms with Crippen LogP contribution in [0.15, 0.2) is 54.6 Å². The highest BCUT2D eigenvalue weighted by Gasteiger charge is 2.29. The molecule has 2 aromatic rings. The SMILES string of the molecule is CC(C)(C)c1ccc(C(=O)C=Cc2ccc(C(F)(F)F)cc2)cc1. The molecule has 2 rings (SSSR count). The lowest BCUT2D eigenvalue weighted by molar-refractivity contribution is -0.137. The second-order valence-electron chi connectivity index (χ2n) is 6.64. The second-order valence-corrected chi connectivity index (χ2v) is 6.64. The van der Waals surface area contributed by atoms with Crippen LogP contribution in [-0.2, 0) is 11.6 Å². The highest BCUT2D eigenvalue weighted by Crippen LogP contribution is 2.29. The fraction of sp³-hybridized carbons (Fsp3) is 0.250. The zero-order valence-electron chi connectivity index (χ0n) is 13.8. The molecule has 0 fully saturated rings. The van der Waals surface area contributed by atoms with Crippen LogP contribution in [0, 0.1) is 0 Å². The van der Waals surface area contributed by atoms with Gasteiger partial charge in [0, 0.05) is 5.56 Å². The van der Waals surface area contributed by atoms with Gasteiger partial charge in [0.1, 0.15) is 0 Å². The van der Waals surface area contributed by atoms with E-state index in [1.807, 2.05) is 12.1 Å². The summed E-state index contributed by atoms with van der Waals surface area (Å²) in [6.07, 6.45) is -1.47. The minimum absolute atomic E-state index is 0.0116. The number of halogens is 3. The number of carbonyl (C=O) groups excluding carboxylic acids is 1. The van der Waals surface area contributed by atoms with Gasteiger partial charge in [-0.3, -0.25) is 4.79 Å². The van der Waals surface area contributed by atoms with Crippen LogP contribution in [0.3, 0.4) is 0 Å². The van der Waals surface area contributed by atoms with Gasteiger partial charge in [-0.1, -0.05) is 63.2 Å². The van der Waals surface area contributed by atoms with E-state index >= 15 is 0 Å². The van der Waals surface area contributed by atoms with Crippen LogP contribution in [0.5, 0.6) is 0 Å². The smallest absolute Gasteiger partial charge is 0.289 e. The van der Waals surface area contributed by atoms with Gasteiger partial charge >= 0.3 is 6.18 Å². The van der Waals surface area contributed by atoms with E-state index in [4.69, 9.17) is 0 Å². The minimum atomic E-state index is -4.35. The van der Waals surface area contributed by atoms with Crippen molar-refractivity contribution in [2.75, 3.05) is 0 Å². The Hall–Kier alpha value is -2.36. The predicted octanol–water partition coefficient (Wildman–Crippen LogP) is 5.90. The Morgan fingerprint density at radius 3 is 1.79 bits per heavy atom. The number of allylic oxidation sites excluding steroid dienone is 1. The van der Waals surface area contributed by atoms with E-state index in [0.29, 0.717) is 11.1 Å². The van der Waals surface area contributed by atoms with Crippen molar-refractivity contribution in [2.24, 2.45) is 0 Å². The quantitative estimate of drug-likeness (QED) is 0.505. The molecule has 0 saturated carbocycles. The van der Waals surface area contributed by atoms with Gasteiger partial charge in [0.2, 0.25) is 0 Å². The number of alkyl halides is 3. The Balaban J connectivity index is 2.10. The molecule has 0 amide bonds. The fourth-order valence-electron chi connectivity index (χ4n) is 2.19. The Labute approximate surface area is 139 Å².